The highest BCUT2D eigenvalue weighted by Gasteiger charge is 2.42. The fraction of sp³-hybridized carbons (Fsp3) is 0.667. The van der Waals surface area contributed by atoms with Gasteiger partial charge >= 0.3 is 0 Å². The number of rotatable bonds is 2. The molecule has 1 spiro atoms. The van der Waals surface area contributed by atoms with Crippen LogP contribution in [0, 0.1) is 0 Å². The standard InChI is InChI=1S/C18H25N5O2/c1-22-8-9-23(12-18(22)5-4-15(24)19-7-6-18)17(25)14-10-20-16(21-11-14)13-2-3-13/h10-11,13H,2-9,12H2,1H3,(H,19,24)/t18-/m1/s1. The number of piperazine rings is 1. The first-order valence-electron chi connectivity index (χ1n) is 9.17. The average molecular weight is 343 g/mol. The van der Waals surface area contributed by atoms with Crippen molar-refractivity contribution in [1.29, 1.82) is 0 Å². The van der Waals surface area contributed by atoms with Crippen LogP contribution in [0.2, 0.25) is 0 Å². The molecule has 3 fully saturated rings. The average Bonchev–Trinajstić information content (AvgIpc) is 3.47. The van der Waals surface area contributed by atoms with Crippen LogP contribution >= 0.6 is 0 Å². The maximum Gasteiger partial charge on any atom is 0.257 e. The summed E-state index contributed by atoms with van der Waals surface area (Å²) in [6, 6.07) is 0. The topological polar surface area (TPSA) is 78.4 Å². The van der Waals surface area contributed by atoms with Gasteiger partial charge in [-0.15, -0.1) is 0 Å². The van der Waals surface area contributed by atoms with Crippen molar-refractivity contribution in [2.24, 2.45) is 0 Å². The molecule has 1 saturated carbocycles. The molecule has 1 aromatic heterocycles. The van der Waals surface area contributed by atoms with Gasteiger partial charge in [0.25, 0.3) is 5.91 Å². The van der Waals surface area contributed by atoms with Crippen LogP contribution in [0.5, 0.6) is 0 Å². The smallest absolute Gasteiger partial charge is 0.257 e. The van der Waals surface area contributed by atoms with Crippen LogP contribution in [0.15, 0.2) is 12.4 Å². The molecular weight excluding hydrogens is 318 g/mol. The number of aromatic nitrogens is 2. The zero-order valence-electron chi connectivity index (χ0n) is 14.7. The van der Waals surface area contributed by atoms with Crippen molar-refractivity contribution in [1.82, 2.24) is 25.1 Å². The maximum absolute atomic E-state index is 12.9. The van der Waals surface area contributed by atoms with E-state index in [1.165, 1.54) is 0 Å². The van der Waals surface area contributed by atoms with Crippen molar-refractivity contribution >= 4 is 11.8 Å². The van der Waals surface area contributed by atoms with E-state index in [1.807, 2.05) is 4.90 Å². The van der Waals surface area contributed by atoms with Gasteiger partial charge in [-0.25, -0.2) is 9.97 Å². The van der Waals surface area contributed by atoms with Crippen LogP contribution in [0.4, 0.5) is 0 Å². The van der Waals surface area contributed by atoms with Crippen molar-refractivity contribution in [3.63, 3.8) is 0 Å². The minimum absolute atomic E-state index is 0.00152. The molecule has 1 aliphatic carbocycles. The van der Waals surface area contributed by atoms with Crippen LogP contribution < -0.4 is 5.32 Å². The second-order valence-electron chi connectivity index (χ2n) is 7.58. The molecule has 1 N–H and O–H groups in total. The Morgan fingerprint density at radius 3 is 2.72 bits per heavy atom. The summed E-state index contributed by atoms with van der Waals surface area (Å²) in [7, 11) is 2.10. The summed E-state index contributed by atoms with van der Waals surface area (Å²) in [4.78, 5) is 37.6. The van der Waals surface area contributed by atoms with Crippen LogP contribution in [-0.2, 0) is 4.79 Å². The molecule has 0 bridgehead atoms. The van der Waals surface area contributed by atoms with Crippen molar-refractivity contribution in [2.75, 3.05) is 33.2 Å². The predicted octanol–water partition coefficient (Wildman–Crippen LogP) is 0.780. The fourth-order valence-electron chi connectivity index (χ4n) is 3.95. The first-order chi connectivity index (χ1) is 12.1. The third-order valence-electron chi connectivity index (χ3n) is 5.88. The summed E-state index contributed by atoms with van der Waals surface area (Å²) in [5.74, 6) is 1.46. The Hall–Kier alpha value is -2.02. The minimum Gasteiger partial charge on any atom is -0.356 e. The van der Waals surface area contributed by atoms with Crippen LogP contribution in [0.3, 0.4) is 0 Å². The van der Waals surface area contributed by atoms with Crippen LogP contribution in [-0.4, -0.2) is 70.3 Å². The number of hydrogen-bond acceptors (Lipinski definition) is 5. The SMILES string of the molecule is CN1CCN(C(=O)c2cnc(C3CC3)nc2)C[C@@]12CCNC(=O)CC2. The highest BCUT2D eigenvalue weighted by molar-refractivity contribution is 5.93. The lowest BCUT2D eigenvalue weighted by molar-refractivity contribution is -0.121. The molecule has 0 aromatic carbocycles. The summed E-state index contributed by atoms with van der Waals surface area (Å²) in [6.45, 7) is 2.84. The van der Waals surface area contributed by atoms with E-state index in [0.29, 0.717) is 37.5 Å². The third-order valence-corrected chi connectivity index (χ3v) is 5.88. The molecule has 7 nitrogen and oxygen atoms in total. The van der Waals surface area contributed by atoms with E-state index >= 15 is 0 Å². The van der Waals surface area contributed by atoms with Gasteiger partial charge in [0, 0.05) is 56.5 Å². The number of nitrogens with one attached hydrogen (secondary N) is 1. The Kier molecular flexibility index (Phi) is 4.19. The predicted molar refractivity (Wildman–Crippen MR) is 92.1 cm³/mol. The van der Waals surface area contributed by atoms with E-state index < -0.39 is 0 Å². The van der Waals surface area contributed by atoms with Crippen LogP contribution in [0.1, 0.15) is 54.2 Å². The summed E-state index contributed by atoms with van der Waals surface area (Å²) in [5, 5.41) is 2.95. The van der Waals surface area contributed by atoms with E-state index in [9.17, 15) is 9.59 Å². The Morgan fingerprint density at radius 2 is 2.00 bits per heavy atom. The number of likely N-dealkylation sites (N-methyl/N-ethyl adjacent to an activating group) is 1. The molecule has 134 valence electrons. The number of carbonyl (C=O) groups is 2. The van der Waals surface area contributed by atoms with Crippen molar-refractivity contribution in [3.8, 4) is 0 Å². The van der Waals surface area contributed by atoms with Crippen molar-refractivity contribution in [2.45, 2.75) is 43.6 Å². The second kappa shape index (κ2) is 6.37. The van der Waals surface area contributed by atoms with Gasteiger partial charge in [-0.3, -0.25) is 14.5 Å². The molecule has 2 saturated heterocycles. The lowest BCUT2D eigenvalue weighted by Crippen LogP contribution is -2.62. The largest absolute Gasteiger partial charge is 0.356 e. The van der Waals surface area contributed by atoms with Gasteiger partial charge < -0.3 is 10.2 Å². The first-order valence-corrected chi connectivity index (χ1v) is 9.17. The molecule has 25 heavy (non-hydrogen) atoms. The van der Waals surface area contributed by atoms with Crippen LogP contribution in [0.25, 0.3) is 0 Å². The van der Waals surface area contributed by atoms with E-state index in [0.717, 1.165) is 38.1 Å². The monoisotopic (exact) mass is 343 g/mol. The minimum atomic E-state index is -0.123. The molecule has 0 radical (unpaired) electrons. The summed E-state index contributed by atoms with van der Waals surface area (Å²) in [5.41, 5.74) is 0.439. The van der Waals surface area contributed by atoms with Crippen molar-refractivity contribution < 1.29 is 9.59 Å². The van der Waals surface area contributed by atoms with E-state index in [2.05, 4.69) is 27.2 Å². The van der Waals surface area contributed by atoms with E-state index in [1.54, 1.807) is 12.4 Å². The summed E-state index contributed by atoms with van der Waals surface area (Å²) in [6.07, 6.45) is 7.83. The Labute approximate surface area is 147 Å². The number of amides is 2. The van der Waals surface area contributed by atoms with Gasteiger partial charge in [-0.2, -0.15) is 0 Å². The summed E-state index contributed by atoms with van der Waals surface area (Å²) < 4.78 is 0. The number of carbonyl (C=O) groups excluding carboxylic acids is 2. The normalized spacial score (nSPS) is 27.9. The molecule has 0 unspecified atom stereocenters. The molecule has 1 atom stereocenters. The molecule has 2 aliphatic heterocycles. The molecular formula is C18H25N5O2. The third kappa shape index (κ3) is 3.25. The zero-order chi connectivity index (χ0) is 17.4. The lowest BCUT2D eigenvalue weighted by atomic mass is 9.86. The van der Waals surface area contributed by atoms with Gasteiger partial charge in [-0.1, -0.05) is 0 Å². The van der Waals surface area contributed by atoms with E-state index in [-0.39, 0.29) is 17.4 Å². The molecule has 2 amide bonds. The Bertz CT molecular complexity index is 673. The molecule has 3 heterocycles. The Balaban J connectivity index is 1.49. The van der Waals surface area contributed by atoms with E-state index in [4.69, 9.17) is 0 Å². The van der Waals surface area contributed by atoms with Gasteiger partial charge in [0.2, 0.25) is 5.91 Å². The molecule has 4 rings (SSSR count). The van der Waals surface area contributed by atoms with Gasteiger partial charge in [0.1, 0.15) is 5.82 Å². The van der Waals surface area contributed by atoms with Gasteiger partial charge in [0.05, 0.1) is 5.56 Å². The zero-order valence-corrected chi connectivity index (χ0v) is 14.7. The second-order valence-corrected chi connectivity index (χ2v) is 7.58. The molecule has 3 aliphatic rings. The quantitative estimate of drug-likeness (QED) is 0.859. The summed E-state index contributed by atoms with van der Waals surface area (Å²) >= 11 is 0. The van der Waals surface area contributed by atoms with Crippen molar-refractivity contribution in [3.05, 3.63) is 23.8 Å². The number of nitrogens with zero attached hydrogens (tertiary/aromatic N) is 4. The first kappa shape index (κ1) is 16.4. The number of hydrogen-bond donors (Lipinski definition) is 1. The molecule has 1 aromatic rings. The maximum atomic E-state index is 12.9. The highest BCUT2D eigenvalue weighted by atomic mass is 16.2. The van der Waals surface area contributed by atoms with Gasteiger partial charge in [0.15, 0.2) is 0 Å². The fourth-order valence-corrected chi connectivity index (χ4v) is 3.95. The molecule has 7 heteroatoms. The van der Waals surface area contributed by atoms with Gasteiger partial charge in [-0.05, 0) is 32.7 Å². The Morgan fingerprint density at radius 1 is 1.24 bits per heavy atom. The lowest BCUT2D eigenvalue weighted by Gasteiger charge is -2.49. The highest BCUT2D eigenvalue weighted by Crippen LogP contribution is 2.37.